The summed E-state index contributed by atoms with van der Waals surface area (Å²) in [4.78, 5) is 14.2. The molecule has 2 aliphatic heterocycles. The summed E-state index contributed by atoms with van der Waals surface area (Å²) in [5.74, 6) is 0.226. The number of amides is 1. The molecule has 0 aromatic heterocycles. The molecule has 2 heterocycles. The van der Waals surface area contributed by atoms with Gasteiger partial charge >= 0.3 is 0 Å². The number of hydrogen-bond acceptors (Lipinski definition) is 5. The SMILES string of the molecule is O=C(CC1CS(=O)(=O)CCN1)N1CCCCC1CCO. The molecular formula is C13H24N2O4S. The average molecular weight is 304 g/mol. The van der Waals surface area contributed by atoms with E-state index in [0.717, 1.165) is 25.8 Å². The Kier molecular flexibility index (Phi) is 5.40. The lowest BCUT2D eigenvalue weighted by molar-refractivity contribution is -0.135. The molecule has 0 saturated carbocycles. The lowest BCUT2D eigenvalue weighted by Crippen LogP contribution is -2.50. The quantitative estimate of drug-likeness (QED) is 0.733. The number of nitrogens with zero attached hydrogens (tertiary/aromatic N) is 1. The molecule has 0 spiro atoms. The second-order valence-corrected chi connectivity index (χ2v) is 7.95. The molecule has 2 unspecified atom stereocenters. The topological polar surface area (TPSA) is 86.7 Å². The summed E-state index contributed by atoms with van der Waals surface area (Å²) < 4.78 is 23.2. The Morgan fingerprint density at radius 3 is 2.85 bits per heavy atom. The fraction of sp³-hybridized carbons (Fsp3) is 0.923. The van der Waals surface area contributed by atoms with Crippen molar-refractivity contribution in [3.63, 3.8) is 0 Å². The second kappa shape index (κ2) is 6.87. The molecule has 0 aromatic carbocycles. The number of carbonyl (C=O) groups excluding carboxylic acids is 1. The molecule has 2 atom stereocenters. The van der Waals surface area contributed by atoms with Gasteiger partial charge in [0.2, 0.25) is 5.91 Å². The standard InChI is InChI=1S/C13H24N2O4S/c16-7-4-12-3-1-2-6-15(12)13(17)9-11-10-20(18,19)8-5-14-11/h11-12,14,16H,1-10H2. The van der Waals surface area contributed by atoms with Gasteiger partial charge in [0.05, 0.1) is 11.5 Å². The Balaban J connectivity index is 1.92. The van der Waals surface area contributed by atoms with Crippen LogP contribution < -0.4 is 5.32 Å². The largest absolute Gasteiger partial charge is 0.396 e. The van der Waals surface area contributed by atoms with E-state index in [9.17, 15) is 13.2 Å². The molecule has 2 rings (SSSR count). The van der Waals surface area contributed by atoms with Crippen molar-refractivity contribution in [3.05, 3.63) is 0 Å². The number of hydrogen-bond donors (Lipinski definition) is 2. The first-order valence-electron chi connectivity index (χ1n) is 7.36. The fourth-order valence-electron chi connectivity index (χ4n) is 3.10. The van der Waals surface area contributed by atoms with Gasteiger partial charge in [-0.3, -0.25) is 4.79 Å². The molecule has 116 valence electrons. The summed E-state index contributed by atoms with van der Waals surface area (Å²) in [6.07, 6.45) is 3.86. The fourth-order valence-corrected chi connectivity index (χ4v) is 4.55. The lowest BCUT2D eigenvalue weighted by atomic mass is 9.98. The van der Waals surface area contributed by atoms with Gasteiger partial charge in [0.15, 0.2) is 9.84 Å². The van der Waals surface area contributed by atoms with E-state index in [4.69, 9.17) is 5.11 Å². The monoisotopic (exact) mass is 304 g/mol. The van der Waals surface area contributed by atoms with Gasteiger partial charge in [0, 0.05) is 38.2 Å². The van der Waals surface area contributed by atoms with E-state index in [2.05, 4.69) is 5.32 Å². The van der Waals surface area contributed by atoms with Gasteiger partial charge < -0.3 is 15.3 Å². The van der Waals surface area contributed by atoms with Gasteiger partial charge in [-0.25, -0.2) is 8.42 Å². The zero-order valence-corrected chi connectivity index (χ0v) is 12.6. The zero-order valence-electron chi connectivity index (χ0n) is 11.8. The first-order valence-corrected chi connectivity index (χ1v) is 9.18. The van der Waals surface area contributed by atoms with E-state index >= 15 is 0 Å². The van der Waals surface area contributed by atoms with E-state index in [0.29, 0.717) is 13.0 Å². The summed E-state index contributed by atoms with van der Waals surface area (Å²) in [6, 6.07) is -0.153. The predicted molar refractivity (Wildman–Crippen MR) is 76.1 cm³/mol. The smallest absolute Gasteiger partial charge is 0.224 e. The molecule has 0 aromatic rings. The molecule has 2 aliphatic rings. The highest BCUT2D eigenvalue weighted by molar-refractivity contribution is 7.91. The summed E-state index contributed by atoms with van der Waals surface area (Å²) in [5.41, 5.74) is 0. The van der Waals surface area contributed by atoms with Gasteiger partial charge in [0.25, 0.3) is 0 Å². The van der Waals surface area contributed by atoms with Crippen LogP contribution >= 0.6 is 0 Å². The van der Waals surface area contributed by atoms with E-state index in [1.807, 2.05) is 4.90 Å². The highest BCUT2D eigenvalue weighted by Gasteiger charge is 2.31. The Hall–Kier alpha value is -0.660. The molecular weight excluding hydrogens is 280 g/mol. The normalized spacial score (nSPS) is 30.1. The Morgan fingerprint density at radius 2 is 2.15 bits per heavy atom. The highest BCUT2D eigenvalue weighted by Crippen LogP contribution is 2.21. The van der Waals surface area contributed by atoms with Crippen molar-refractivity contribution in [1.29, 1.82) is 0 Å². The summed E-state index contributed by atoms with van der Waals surface area (Å²) in [7, 11) is -3.01. The Labute approximate surface area is 120 Å². The third kappa shape index (κ3) is 4.17. The van der Waals surface area contributed by atoms with Crippen molar-refractivity contribution >= 4 is 15.7 Å². The molecule has 20 heavy (non-hydrogen) atoms. The van der Waals surface area contributed by atoms with Crippen LogP contribution in [-0.4, -0.2) is 67.6 Å². The second-order valence-electron chi connectivity index (χ2n) is 5.72. The molecule has 2 N–H and O–H groups in total. The number of piperidine rings is 1. The van der Waals surface area contributed by atoms with Crippen molar-refractivity contribution in [2.24, 2.45) is 0 Å². The molecule has 2 saturated heterocycles. The molecule has 0 bridgehead atoms. The predicted octanol–water partition coefficient (Wildman–Crippen LogP) is -0.473. The highest BCUT2D eigenvalue weighted by atomic mass is 32.2. The van der Waals surface area contributed by atoms with Crippen LogP contribution in [-0.2, 0) is 14.6 Å². The molecule has 0 radical (unpaired) electrons. The molecule has 2 fully saturated rings. The first-order chi connectivity index (χ1) is 9.52. The van der Waals surface area contributed by atoms with Gasteiger partial charge in [-0.2, -0.15) is 0 Å². The number of carbonyl (C=O) groups is 1. The number of nitrogens with one attached hydrogen (secondary N) is 1. The third-order valence-electron chi connectivity index (χ3n) is 4.13. The minimum Gasteiger partial charge on any atom is -0.396 e. The first kappa shape index (κ1) is 15.7. The van der Waals surface area contributed by atoms with E-state index in [-0.39, 0.29) is 42.5 Å². The van der Waals surface area contributed by atoms with Crippen molar-refractivity contribution in [2.45, 2.75) is 44.2 Å². The summed E-state index contributed by atoms with van der Waals surface area (Å²) >= 11 is 0. The number of rotatable bonds is 4. The Morgan fingerprint density at radius 1 is 1.35 bits per heavy atom. The van der Waals surface area contributed by atoms with Crippen molar-refractivity contribution in [1.82, 2.24) is 10.2 Å². The number of likely N-dealkylation sites (tertiary alicyclic amines) is 1. The van der Waals surface area contributed by atoms with Crippen LogP contribution in [0, 0.1) is 0 Å². The third-order valence-corrected chi connectivity index (χ3v) is 5.87. The summed E-state index contributed by atoms with van der Waals surface area (Å²) in [6.45, 7) is 1.24. The molecule has 7 heteroatoms. The maximum absolute atomic E-state index is 12.4. The molecule has 6 nitrogen and oxygen atoms in total. The molecule has 0 aliphatic carbocycles. The van der Waals surface area contributed by atoms with Crippen molar-refractivity contribution in [3.8, 4) is 0 Å². The van der Waals surface area contributed by atoms with Crippen LogP contribution in [0.2, 0.25) is 0 Å². The molecule has 1 amide bonds. The van der Waals surface area contributed by atoms with Gasteiger partial charge in [-0.15, -0.1) is 0 Å². The van der Waals surface area contributed by atoms with Gasteiger partial charge in [-0.1, -0.05) is 0 Å². The van der Waals surface area contributed by atoms with Gasteiger partial charge in [0.1, 0.15) is 0 Å². The van der Waals surface area contributed by atoms with E-state index in [1.54, 1.807) is 0 Å². The van der Waals surface area contributed by atoms with E-state index in [1.165, 1.54) is 0 Å². The minimum atomic E-state index is -3.01. The van der Waals surface area contributed by atoms with Crippen LogP contribution in [0.25, 0.3) is 0 Å². The van der Waals surface area contributed by atoms with Crippen LogP contribution in [0.5, 0.6) is 0 Å². The van der Waals surface area contributed by atoms with Crippen LogP contribution in [0.15, 0.2) is 0 Å². The minimum absolute atomic E-state index is 0.0118. The lowest BCUT2D eigenvalue weighted by Gasteiger charge is -2.37. The van der Waals surface area contributed by atoms with Crippen molar-refractivity contribution < 1.29 is 18.3 Å². The van der Waals surface area contributed by atoms with E-state index < -0.39 is 9.84 Å². The number of aliphatic hydroxyl groups excluding tert-OH is 1. The van der Waals surface area contributed by atoms with Gasteiger partial charge in [-0.05, 0) is 25.7 Å². The number of sulfone groups is 1. The number of aliphatic hydroxyl groups is 1. The Bertz CT molecular complexity index is 436. The van der Waals surface area contributed by atoms with Crippen molar-refractivity contribution in [2.75, 3.05) is 31.2 Å². The van der Waals surface area contributed by atoms with Crippen LogP contribution in [0.1, 0.15) is 32.1 Å². The zero-order chi connectivity index (χ0) is 14.6. The average Bonchev–Trinajstić information content (AvgIpc) is 2.38. The van der Waals surface area contributed by atoms with Crippen LogP contribution in [0.4, 0.5) is 0 Å². The van der Waals surface area contributed by atoms with Crippen LogP contribution in [0.3, 0.4) is 0 Å². The maximum Gasteiger partial charge on any atom is 0.224 e. The summed E-state index contributed by atoms with van der Waals surface area (Å²) in [5, 5.41) is 12.2. The maximum atomic E-state index is 12.4.